The Morgan fingerprint density at radius 1 is 1.19 bits per heavy atom. The maximum atomic E-state index is 12.8. The van der Waals surface area contributed by atoms with Gasteiger partial charge in [-0.05, 0) is 42.7 Å². The number of methoxy groups -OCH3 is 1. The molecule has 26 heavy (non-hydrogen) atoms. The van der Waals surface area contributed by atoms with Crippen LogP contribution in [0, 0.1) is 0 Å². The van der Waals surface area contributed by atoms with E-state index in [1.807, 2.05) is 53.4 Å². The first-order valence-electron chi connectivity index (χ1n) is 9.09. The number of carbonyl (C=O) groups excluding carboxylic acids is 1. The Labute approximate surface area is 153 Å². The number of aromatic nitrogens is 2. The van der Waals surface area contributed by atoms with Crippen LogP contribution in [-0.4, -0.2) is 33.9 Å². The SMILES string of the molecule is COc1ccc(CN(C(=O)CCc2nc3ccccc3[nH]2)C2CC2)cc1. The molecule has 1 saturated carbocycles. The molecule has 1 aromatic heterocycles. The number of imidazole rings is 1. The Morgan fingerprint density at radius 3 is 2.65 bits per heavy atom. The number of aryl methyl sites for hydroxylation is 1. The number of nitrogens with zero attached hydrogens (tertiary/aromatic N) is 2. The number of nitrogens with one attached hydrogen (secondary N) is 1. The predicted octanol–water partition coefficient (Wildman–Crippen LogP) is 3.70. The van der Waals surface area contributed by atoms with E-state index in [0.717, 1.165) is 41.0 Å². The van der Waals surface area contributed by atoms with E-state index >= 15 is 0 Å². The zero-order chi connectivity index (χ0) is 17.9. The zero-order valence-electron chi connectivity index (χ0n) is 14.9. The fourth-order valence-electron chi connectivity index (χ4n) is 3.23. The maximum Gasteiger partial charge on any atom is 0.223 e. The largest absolute Gasteiger partial charge is 0.497 e. The number of hydrogen-bond acceptors (Lipinski definition) is 3. The lowest BCUT2D eigenvalue weighted by Gasteiger charge is -2.22. The molecule has 0 atom stereocenters. The molecule has 0 bridgehead atoms. The minimum atomic E-state index is 0.198. The fourth-order valence-corrected chi connectivity index (χ4v) is 3.23. The topological polar surface area (TPSA) is 58.2 Å². The Kier molecular flexibility index (Phi) is 4.61. The van der Waals surface area contributed by atoms with Crippen molar-refractivity contribution < 1.29 is 9.53 Å². The molecular weight excluding hydrogens is 326 g/mol. The van der Waals surface area contributed by atoms with Crippen molar-refractivity contribution in [3.63, 3.8) is 0 Å². The van der Waals surface area contributed by atoms with Gasteiger partial charge in [0.05, 0.1) is 18.1 Å². The molecule has 0 aliphatic heterocycles. The molecule has 1 aliphatic rings. The molecule has 2 aromatic carbocycles. The van der Waals surface area contributed by atoms with Gasteiger partial charge in [0.15, 0.2) is 0 Å². The van der Waals surface area contributed by atoms with E-state index in [0.29, 0.717) is 25.4 Å². The van der Waals surface area contributed by atoms with E-state index in [2.05, 4.69) is 9.97 Å². The van der Waals surface area contributed by atoms with E-state index < -0.39 is 0 Å². The Bertz CT molecular complexity index is 864. The Morgan fingerprint density at radius 2 is 1.96 bits per heavy atom. The summed E-state index contributed by atoms with van der Waals surface area (Å²) in [5.74, 6) is 1.91. The van der Waals surface area contributed by atoms with Crippen LogP contribution in [0.4, 0.5) is 0 Å². The van der Waals surface area contributed by atoms with Gasteiger partial charge in [0.25, 0.3) is 0 Å². The molecule has 0 saturated heterocycles. The Hall–Kier alpha value is -2.82. The number of aromatic amines is 1. The minimum Gasteiger partial charge on any atom is -0.497 e. The van der Waals surface area contributed by atoms with Crippen LogP contribution in [0.2, 0.25) is 0 Å². The van der Waals surface area contributed by atoms with Gasteiger partial charge in [-0.1, -0.05) is 24.3 Å². The third-order valence-electron chi connectivity index (χ3n) is 4.83. The summed E-state index contributed by atoms with van der Waals surface area (Å²) in [5, 5.41) is 0. The number of rotatable bonds is 7. The van der Waals surface area contributed by atoms with Gasteiger partial charge in [-0.3, -0.25) is 4.79 Å². The molecule has 1 amide bonds. The van der Waals surface area contributed by atoms with Crippen molar-refractivity contribution >= 4 is 16.9 Å². The number of hydrogen-bond donors (Lipinski definition) is 1. The second-order valence-corrected chi connectivity index (χ2v) is 6.80. The molecule has 0 spiro atoms. The summed E-state index contributed by atoms with van der Waals surface area (Å²) in [6, 6.07) is 16.3. The van der Waals surface area contributed by atoms with Gasteiger partial charge in [0.2, 0.25) is 5.91 Å². The van der Waals surface area contributed by atoms with E-state index in [-0.39, 0.29) is 5.91 Å². The molecule has 1 aliphatic carbocycles. The monoisotopic (exact) mass is 349 g/mol. The summed E-state index contributed by atoms with van der Waals surface area (Å²) in [5.41, 5.74) is 3.11. The van der Waals surface area contributed by atoms with Crippen molar-refractivity contribution in [2.45, 2.75) is 38.3 Å². The third-order valence-corrected chi connectivity index (χ3v) is 4.83. The van der Waals surface area contributed by atoms with Crippen molar-refractivity contribution in [2.24, 2.45) is 0 Å². The number of amides is 1. The number of fused-ring (bicyclic) bond motifs is 1. The quantitative estimate of drug-likeness (QED) is 0.708. The second kappa shape index (κ2) is 7.20. The highest BCUT2D eigenvalue weighted by Crippen LogP contribution is 2.29. The molecule has 1 N–H and O–H groups in total. The van der Waals surface area contributed by atoms with Crippen LogP contribution in [0.25, 0.3) is 11.0 Å². The molecule has 5 heteroatoms. The van der Waals surface area contributed by atoms with Crippen LogP contribution in [0.3, 0.4) is 0 Å². The summed E-state index contributed by atoms with van der Waals surface area (Å²) < 4.78 is 5.20. The Balaban J connectivity index is 1.40. The standard InChI is InChI=1S/C21H23N3O2/c1-26-17-10-6-15(7-11-17)14-24(16-8-9-16)21(25)13-12-20-22-18-4-2-3-5-19(18)23-20/h2-7,10-11,16H,8-9,12-14H2,1H3,(H,22,23). The lowest BCUT2D eigenvalue weighted by Crippen LogP contribution is -2.32. The van der Waals surface area contributed by atoms with Gasteiger partial charge in [-0.15, -0.1) is 0 Å². The van der Waals surface area contributed by atoms with Gasteiger partial charge < -0.3 is 14.6 Å². The van der Waals surface area contributed by atoms with E-state index in [9.17, 15) is 4.79 Å². The molecule has 1 heterocycles. The summed E-state index contributed by atoms with van der Waals surface area (Å²) in [4.78, 5) is 22.7. The minimum absolute atomic E-state index is 0.198. The molecule has 0 unspecified atom stereocenters. The number of carbonyl (C=O) groups is 1. The molecule has 3 aromatic rings. The van der Waals surface area contributed by atoms with Crippen molar-refractivity contribution in [1.82, 2.24) is 14.9 Å². The van der Waals surface area contributed by atoms with E-state index in [1.165, 1.54) is 0 Å². The van der Waals surface area contributed by atoms with Gasteiger partial charge in [-0.25, -0.2) is 4.98 Å². The number of para-hydroxylation sites is 2. The molecule has 4 rings (SSSR count). The number of benzene rings is 2. The first kappa shape index (κ1) is 16.6. The second-order valence-electron chi connectivity index (χ2n) is 6.80. The van der Waals surface area contributed by atoms with Crippen molar-refractivity contribution in [2.75, 3.05) is 7.11 Å². The van der Waals surface area contributed by atoms with Gasteiger partial charge >= 0.3 is 0 Å². The predicted molar refractivity (Wildman–Crippen MR) is 101 cm³/mol. The first-order chi connectivity index (χ1) is 12.7. The number of H-pyrrole nitrogens is 1. The fraction of sp³-hybridized carbons (Fsp3) is 0.333. The summed E-state index contributed by atoms with van der Waals surface area (Å²) in [6.07, 6.45) is 3.32. The highest BCUT2D eigenvalue weighted by Gasteiger charge is 2.32. The van der Waals surface area contributed by atoms with Gasteiger partial charge in [0, 0.05) is 25.4 Å². The highest BCUT2D eigenvalue weighted by atomic mass is 16.5. The molecule has 134 valence electrons. The lowest BCUT2D eigenvalue weighted by atomic mass is 10.2. The van der Waals surface area contributed by atoms with E-state index in [1.54, 1.807) is 7.11 Å². The van der Waals surface area contributed by atoms with Crippen LogP contribution in [0.15, 0.2) is 48.5 Å². The summed E-state index contributed by atoms with van der Waals surface area (Å²) in [6.45, 7) is 0.660. The molecular formula is C21H23N3O2. The smallest absolute Gasteiger partial charge is 0.223 e. The highest BCUT2D eigenvalue weighted by molar-refractivity contribution is 5.78. The molecule has 1 fully saturated rings. The third kappa shape index (κ3) is 3.72. The normalized spacial score (nSPS) is 13.7. The molecule has 0 radical (unpaired) electrons. The summed E-state index contributed by atoms with van der Waals surface area (Å²) >= 11 is 0. The molecule has 5 nitrogen and oxygen atoms in total. The first-order valence-corrected chi connectivity index (χ1v) is 9.09. The van der Waals surface area contributed by atoms with Crippen LogP contribution in [0.1, 0.15) is 30.7 Å². The maximum absolute atomic E-state index is 12.8. The van der Waals surface area contributed by atoms with Crippen LogP contribution >= 0.6 is 0 Å². The van der Waals surface area contributed by atoms with Crippen molar-refractivity contribution in [3.05, 3.63) is 59.9 Å². The zero-order valence-corrected chi connectivity index (χ0v) is 14.9. The van der Waals surface area contributed by atoms with Crippen LogP contribution < -0.4 is 4.74 Å². The van der Waals surface area contributed by atoms with Gasteiger partial charge in [-0.2, -0.15) is 0 Å². The van der Waals surface area contributed by atoms with Gasteiger partial charge in [0.1, 0.15) is 11.6 Å². The average Bonchev–Trinajstić information content (AvgIpc) is 3.43. The summed E-state index contributed by atoms with van der Waals surface area (Å²) in [7, 11) is 1.66. The average molecular weight is 349 g/mol. The van der Waals surface area contributed by atoms with Crippen LogP contribution in [0.5, 0.6) is 5.75 Å². The van der Waals surface area contributed by atoms with E-state index in [4.69, 9.17) is 4.74 Å². The van der Waals surface area contributed by atoms with Crippen molar-refractivity contribution in [3.8, 4) is 5.75 Å². The van der Waals surface area contributed by atoms with Crippen LogP contribution in [-0.2, 0) is 17.8 Å². The van der Waals surface area contributed by atoms with Crippen molar-refractivity contribution in [1.29, 1.82) is 0 Å². The lowest BCUT2D eigenvalue weighted by molar-refractivity contribution is -0.132. The number of ether oxygens (including phenoxy) is 1.